The fourth-order valence-corrected chi connectivity index (χ4v) is 3.17. The maximum Gasteiger partial charge on any atom is 0.410 e. The first-order valence-electron chi connectivity index (χ1n) is 8.34. The number of carbonyl (C=O) groups excluding carboxylic acids is 2. The summed E-state index contributed by atoms with van der Waals surface area (Å²) in [7, 11) is 0. The topological polar surface area (TPSA) is 84.7 Å². The Balaban J connectivity index is 1.75. The highest BCUT2D eigenvalue weighted by Crippen LogP contribution is 2.55. The molecule has 3 rings (SSSR count). The Morgan fingerprint density at radius 2 is 1.96 bits per heavy atom. The number of nitrogen functional groups attached to an aromatic ring is 1. The van der Waals surface area contributed by atoms with Gasteiger partial charge in [-0.25, -0.2) is 4.79 Å². The van der Waals surface area contributed by atoms with E-state index < -0.39 is 17.7 Å². The van der Waals surface area contributed by atoms with Crippen LogP contribution in [0.4, 0.5) is 16.2 Å². The first kappa shape index (κ1) is 16.6. The standard InChI is InChI=1S/C18H25N3O3/c1-17(2,3)24-16(23)21-11-18(8-9-18)10-14(21)15(22)20-13-7-5-4-6-12(13)19/h4-7,14H,8-11,19H2,1-3H3,(H,20,22)/t14-/m0/s1. The van der Waals surface area contributed by atoms with E-state index >= 15 is 0 Å². The second-order valence-electron chi connectivity index (χ2n) is 7.90. The van der Waals surface area contributed by atoms with E-state index in [1.165, 1.54) is 0 Å². The molecule has 2 fully saturated rings. The maximum absolute atomic E-state index is 12.7. The number of carbonyl (C=O) groups is 2. The maximum atomic E-state index is 12.7. The molecule has 0 unspecified atom stereocenters. The minimum absolute atomic E-state index is 0.0984. The molecule has 6 heteroatoms. The Morgan fingerprint density at radius 1 is 1.29 bits per heavy atom. The molecule has 2 amide bonds. The second-order valence-corrected chi connectivity index (χ2v) is 7.90. The fraction of sp³-hybridized carbons (Fsp3) is 0.556. The second kappa shape index (κ2) is 5.69. The van der Waals surface area contributed by atoms with Crippen LogP contribution >= 0.6 is 0 Å². The number of benzene rings is 1. The molecule has 1 aromatic rings. The van der Waals surface area contributed by atoms with Crippen LogP contribution in [0, 0.1) is 5.41 Å². The van der Waals surface area contributed by atoms with E-state index in [0.717, 1.165) is 12.8 Å². The molecule has 2 aliphatic rings. The highest BCUT2D eigenvalue weighted by molar-refractivity contribution is 5.99. The highest BCUT2D eigenvalue weighted by Gasteiger charge is 2.56. The van der Waals surface area contributed by atoms with Crippen molar-refractivity contribution in [2.24, 2.45) is 5.41 Å². The van der Waals surface area contributed by atoms with Gasteiger partial charge in [0.05, 0.1) is 11.4 Å². The number of likely N-dealkylation sites (tertiary alicyclic amines) is 1. The van der Waals surface area contributed by atoms with Crippen LogP contribution in [0.1, 0.15) is 40.0 Å². The molecular formula is C18H25N3O3. The van der Waals surface area contributed by atoms with Crippen molar-refractivity contribution in [2.75, 3.05) is 17.6 Å². The third kappa shape index (κ3) is 3.47. The summed E-state index contributed by atoms with van der Waals surface area (Å²) in [5, 5.41) is 2.85. The molecule has 130 valence electrons. The Kier molecular flexibility index (Phi) is 3.94. The molecule has 1 aromatic carbocycles. The Bertz CT molecular complexity index is 662. The number of para-hydroxylation sites is 2. The van der Waals surface area contributed by atoms with Crippen LogP contribution in [-0.2, 0) is 9.53 Å². The average molecular weight is 331 g/mol. The lowest BCUT2D eigenvalue weighted by Gasteiger charge is -2.28. The molecule has 1 aliphatic heterocycles. The Hall–Kier alpha value is -2.24. The van der Waals surface area contributed by atoms with Gasteiger partial charge in [0.1, 0.15) is 11.6 Å². The van der Waals surface area contributed by atoms with Crippen LogP contribution in [-0.4, -0.2) is 35.1 Å². The molecular weight excluding hydrogens is 306 g/mol. The van der Waals surface area contributed by atoms with Gasteiger partial charge in [-0.1, -0.05) is 12.1 Å². The van der Waals surface area contributed by atoms with Crippen LogP contribution in [0.2, 0.25) is 0 Å². The third-order valence-corrected chi connectivity index (χ3v) is 4.61. The number of nitrogens with zero attached hydrogens (tertiary/aromatic N) is 1. The van der Waals surface area contributed by atoms with Gasteiger partial charge in [-0.3, -0.25) is 9.69 Å². The quantitative estimate of drug-likeness (QED) is 0.816. The molecule has 1 spiro atoms. The predicted molar refractivity (Wildman–Crippen MR) is 92.5 cm³/mol. The largest absolute Gasteiger partial charge is 0.444 e. The van der Waals surface area contributed by atoms with Crippen molar-refractivity contribution in [1.82, 2.24) is 4.90 Å². The molecule has 3 N–H and O–H groups in total. The van der Waals surface area contributed by atoms with Crippen molar-refractivity contribution >= 4 is 23.4 Å². The van der Waals surface area contributed by atoms with Crippen molar-refractivity contribution in [3.63, 3.8) is 0 Å². The lowest BCUT2D eigenvalue weighted by molar-refractivity contribution is -0.120. The molecule has 1 atom stereocenters. The number of nitrogens with one attached hydrogen (secondary N) is 1. The van der Waals surface area contributed by atoms with Gasteiger partial charge < -0.3 is 15.8 Å². The molecule has 0 aromatic heterocycles. The molecule has 1 saturated heterocycles. The summed E-state index contributed by atoms with van der Waals surface area (Å²) in [6.45, 7) is 6.07. The molecule has 1 saturated carbocycles. The van der Waals surface area contributed by atoms with Crippen molar-refractivity contribution in [3.8, 4) is 0 Å². The molecule has 0 bridgehead atoms. The van der Waals surface area contributed by atoms with Gasteiger partial charge in [0.2, 0.25) is 5.91 Å². The summed E-state index contributed by atoms with van der Waals surface area (Å²) in [5.74, 6) is -0.206. The van der Waals surface area contributed by atoms with E-state index in [9.17, 15) is 9.59 Å². The van der Waals surface area contributed by atoms with Gasteiger partial charge in [-0.05, 0) is 57.6 Å². The average Bonchev–Trinajstić information content (AvgIpc) is 3.10. The SMILES string of the molecule is CC(C)(C)OC(=O)N1CC2(CC2)C[C@H]1C(=O)Nc1ccccc1N. The van der Waals surface area contributed by atoms with Crippen LogP contribution < -0.4 is 11.1 Å². The van der Waals surface area contributed by atoms with Crippen LogP contribution in [0.3, 0.4) is 0 Å². The fourth-order valence-electron chi connectivity index (χ4n) is 3.17. The molecule has 1 heterocycles. The lowest BCUT2D eigenvalue weighted by atomic mass is 10.0. The first-order valence-corrected chi connectivity index (χ1v) is 8.34. The summed E-state index contributed by atoms with van der Waals surface area (Å²) < 4.78 is 5.48. The number of anilines is 2. The lowest BCUT2D eigenvalue weighted by Crippen LogP contribution is -2.45. The summed E-state index contributed by atoms with van der Waals surface area (Å²) in [5.41, 5.74) is 6.49. The van der Waals surface area contributed by atoms with Crippen LogP contribution in [0.15, 0.2) is 24.3 Å². The van der Waals surface area contributed by atoms with Gasteiger partial charge in [-0.2, -0.15) is 0 Å². The molecule has 6 nitrogen and oxygen atoms in total. The van der Waals surface area contributed by atoms with E-state index in [1.807, 2.05) is 32.9 Å². The smallest absolute Gasteiger partial charge is 0.410 e. The third-order valence-electron chi connectivity index (χ3n) is 4.61. The minimum Gasteiger partial charge on any atom is -0.444 e. The first-order chi connectivity index (χ1) is 11.2. The van der Waals surface area contributed by atoms with Crippen molar-refractivity contribution in [1.29, 1.82) is 0 Å². The number of rotatable bonds is 2. The molecule has 0 radical (unpaired) electrons. The zero-order valence-corrected chi connectivity index (χ0v) is 14.5. The predicted octanol–water partition coefficient (Wildman–Crippen LogP) is 3.00. The number of hydrogen-bond donors (Lipinski definition) is 2. The van der Waals surface area contributed by atoms with Gasteiger partial charge in [-0.15, -0.1) is 0 Å². The molecule has 24 heavy (non-hydrogen) atoms. The number of ether oxygens (including phenoxy) is 1. The normalized spacial score (nSPS) is 21.6. The van der Waals surface area contributed by atoms with E-state index in [-0.39, 0.29) is 11.3 Å². The summed E-state index contributed by atoms with van der Waals surface area (Å²) in [6.07, 6.45) is 2.38. The minimum atomic E-state index is -0.582. The van der Waals surface area contributed by atoms with E-state index in [2.05, 4.69) is 5.32 Å². The number of amides is 2. The molecule has 1 aliphatic carbocycles. The van der Waals surface area contributed by atoms with E-state index in [0.29, 0.717) is 24.3 Å². The van der Waals surface area contributed by atoms with Gasteiger partial charge in [0.15, 0.2) is 0 Å². The highest BCUT2D eigenvalue weighted by atomic mass is 16.6. The summed E-state index contributed by atoms with van der Waals surface area (Å²) in [4.78, 5) is 26.8. The summed E-state index contributed by atoms with van der Waals surface area (Å²) >= 11 is 0. The zero-order valence-electron chi connectivity index (χ0n) is 14.5. The Labute approximate surface area is 142 Å². The van der Waals surface area contributed by atoms with Gasteiger partial charge in [0, 0.05) is 6.54 Å². The Morgan fingerprint density at radius 3 is 2.54 bits per heavy atom. The van der Waals surface area contributed by atoms with E-state index in [1.54, 1.807) is 17.0 Å². The van der Waals surface area contributed by atoms with Gasteiger partial charge >= 0.3 is 6.09 Å². The van der Waals surface area contributed by atoms with E-state index in [4.69, 9.17) is 10.5 Å². The number of hydrogen-bond acceptors (Lipinski definition) is 4. The van der Waals surface area contributed by atoms with Crippen LogP contribution in [0.25, 0.3) is 0 Å². The monoisotopic (exact) mass is 331 g/mol. The number of nitrogens with two attached hydrogens (primary N) is 1. The summed E-state index contributed by atoms with van der Waals surface area (Å²) in [6, 6.07) is 6.61. The van der Waals surface area contributed by atoms with Crippen LogP contribution in [0.5, 0.6) is 0 Å². The zero-order chi connectivity index (χ0) is 17.5. The van der Waals surface area contributed by atoms with Gasteiger partial charge in [0.25, 0.3) is 0 Å². The van der Waals surface area contributed by atoms with Crippen molar-refractivity contribution < 1.29 is 14.3 Å². The van der Waals surface area contributed by atoms with Crippen molar-refractivity contribution in [3.05, 3.63) is 24.3 Å². The van der Waals surface area contributed by atoms with Crippen molar-refractivity contribution in [2.45, 2.75) is 51.7 Å².